The fraction of sp³-hybridized carbons (Fsp3) is 0.136. The van der Waals surface area contributed by atoms with Crippen molar-refractivity contribution in [2.45, 2.75) is 0 Å². The fourth-order valence-corrected chi connectivity index (χ4v) is 3.76. The number of hydrogen-bond donors (Lipinski definition) is 5. The standard InChI is InChI=1S/C21H18Cl3N3.CH4N2/c1-25-6-7-26-20-11-21-16(15-9-13(22)3-5-19(15)27-21)10-14(20)12-2-4-17(23)18(24)8-12;2-1-3/h2-5,8-11,25-27H,6-7H2,1H3;1H,(H3,2,3). The van der Waals surface area contributed by atoms with Gasteiger partial charge in [0.25, 0.3) is 0 Å². The van der Waals surface area contributed by atoms with E-state index in [1.54, 1.807) is 0 Å². The van der Waals surface area contributed by atoms with Crippen LogP contribution in [0.3, 0.4) is 0 Å². The second kappa shape index (κ2) is 10.0. The number of fused-ring (bicyclic) bond motifs is 3. The molecule has 0 aliphatic heterocycles. The van der Waals surface area contributed by atoms with Crippen molar-refractivity contribution < 1.29 is 0 Å². The highest BCUT2D eigenvalue weighted by atomic mass is 35.5. The second-order valence-electron chi connectivity index (χ2n) is 6.58. The number of aromatic nitrogens is 1. The van der Waals surface area contributed by atoms with E-state index in [9.17, 15) is 0 Å². The lowest BCUT2D eigenvalue weighted by Crippen LogP contribution is -2.18. The molecule has 30 heavy (non-hydrogen) atoms. The number of halogens is 3. The van der Waals surface area contributed by atoms with E-state index in [1.165, 1.54) is 0 Å². The Kier molecular flexibility index (Phi) is 7.45. The monoisotopic (exact) mass is 461 g/mol. The first kappa shape index (κ1) is 22.2. The number of benzene rings is 3. The molecule has 4 rings (SSSR count). The first-order chi connectivity index (χ1) is 14.5. The fourth-order valence-electron chi connectivity index (χ4n) is 3.29. The first-order valence-corrected chi connectivity index (χ1v) is 10.4. The van der Waals surface area contributed by atoms with Crippen molar-refractivity contribution in [1.29, 1.82) is 5.41 Å². The van der Waals surface area contributed by atoms with Crippen LogP contribution in [0, 0.1) is 5.41 Å². The molecule has 1 heterocycles. The zero-order valence-electron chi connectivity index (χ0n) is 16.3. The highest BCUT2D eigenvalue weighted by Crippen LogP contribution is 2.38. The molecule has 0 amide bonds. The maximum atomic E-state index is 6.27. The van der Waals surface area contributed by atoms with Crippen LogP contribution in [0.4, 0.5) is 5.69 Å². The number of likely N-dealkylation sites (N-methyl/N-ethyl adjacent to an activating group) is 1. The second-order valence-corrected chi connectivity index (χ2v) is 7.84. The lowest BCUT2D eigenvalue weighted by Gasteiger charge is -2.14. The number of H-pyrrole nitrogens is 1. The van der Waals surface area contributed by atoms with Gasteiger partial charge >= 0.3 is 0 Å². The van der Waals surface area contributed by atoms with Gasteiger partial charge in [-0.05, 0) is 55.1 Å². The molecule has 0 saturated heterocycles. The molecule has 0 spiro atoms. The number of hydrogen-bond acceptors (Lipinski definition) is 3. The van der Waals surface area contributed by atoms with Crippen LogP contribution in [0.2, 0.25) is 15.1 Å². The largest absolute Gasteiger partial charge is 0.390 e. The van der Waals surface area contributed by atoms with Gasteiger partial charge in [0.1, 0.15) is 0 Å². The van der Waals surface area contributed by atoms with Gasteiger partial charge in [-0.25, -0.2) is 0 Å². The van der Waals surface area contributed by atoms with Crippen LogP contribution in [0.1, 0.15) is 0 Å². The predicted octanol–water partition coefficient (Wildman–Crippen LogP) is 6.13. The lowest BCUT2D eigenvalue weighted by atomic mass is 10.0. The Morgan fingerprint density at radius 1 is 0.933 bits per heavy atom. The van der Waals surface area contributed by atoms with E-state index in [0.29, 0.717) is 10.0 Å². The van der Waals surface area contributed by atoms with Gasteiger partial charge in [0.2, 0.25) is 0 Å². The average molecular weight is 463 g/mol. The minimum atomic E-state index is 0.539. The summed E-state index contributed by atoms with van der Waals surface area (Å²) in [5, 5.41) is 16.5. The van der Waals surface area contributed by atoms with Crippen molar-refractivity contribution in [1.82, 2.24) is 10.3 Å². The number of nitrogens with two attached hydrogens (primary N) is 1. The van der Waals surface area contributed by atoms with Crippen molar-refractivity contribution in [3.05, 3.63) is 63.6 Å². The molecule has 5 nitrogen and oxygen atoms in total. The Morgan fingerprint density at radius 2 is 1.67 bits per heavy atom. The number of rotatable bonds is 5. The highest BCUT2D eigenvalue weighted by molar-refractivity contribution is 6.42. The molecule has 3 aromatic carbocycles. The third-order valence-electron chi connectivity index (χ3n) is 4.62. The molecule has 8 heteroatoms. The van der Waals surface area contributed by atoms with Crippen LogP contribution in [-0.2, 0) is 0 Å². The molecule has 0 atom stereocenters. The number of anilines is 1. The molecule has 6 N–H and O–H groups in total. The van der Waals surface area contributed by atoms with Gasteiger partial charge in [0.15, 0.2) is 0 Å². The Balaban J connectivity index is 0.000000806. The van der Waals surface area contributed by atoms with Gasteiger partial charge in [-0.1, -0.05) is 40.9 Å². The maximum Gasteiger partial charge on any atom is 0.0765 e. The minimum Gasteiger partial charge on any atom is -0.390 e. The van der Waals surface area contributed by atoms with E-state index in [4.69, 9.17) is 40.2 Å². The third kappa shape index (κ3) is 4.82. The van der Waals surface area contributed by atoms with E-state index >= 15 is 0 Å². The van der Waals surface area contributed by atoms with Crippen molar-refractivity contribution in [3.8, 4) is 11.1 Å². The summed E-state index contributed by atoms with van der Waals surface area (Å²) in [6.45, 7) is 1.67. The molecule has 0 fully saturated rings. The molecule has 0 unspecified atom stereocenters. The minimum absolute atomic E-state index is 0.539. The van der Waals surface area contributed by atoms with Crippen molar-refractivity contribution in [2.24, 2.45) is 5.73 Å². The summed E-state index contributed by atoms with van der Waals surface area (Å²) in [4.78, 5) is 3.47. The third-order valence-corrected chi connectivity index (χ3v) is 5.59. The highest BCUT2D eigenvalue weighted by Gasteiger charge is 2.13. The molecule has 156 valence electrons. The van der Waals surface area contributed by atoms with Crippen molar-refractivity contribution in [2.75, 3.05) is 25.5 Å². The lowest BCUT2D eigenvalue weighted by molar-refractivity contribution is 0.824. The van der Waals surface area contributed by atoms with Crippen LogP contribution in [0.15, 0.2) is 48.5 Å². The topological polar surface area (TPSA) is 89.7 Å². The molecule has 1 aromatic heterocycles. The van der Waals surface area contributed by atoms with Gasteiger partial charge in [0, 0.05) is 51.2 Å². The Bertz CT molecular complexity index is 1190. The predicted molar refractivity (Wildman–Crippen MR) is 132 cm³/mol. The molecule has 0 aliphatic rings. The smallest absolute Gasteiger partial charge is 0.0765 e. The quantitative estimate of drug-likeness (QED) is 0.140. The molecule has 0 radical (unpaired) electrons. The molecule has 0 bridgehead atoms. The summed E-state index contributed by atoms with van der Waals surface area (Å²) in [7, 11) is 1.94. The van der Waals surface area contributed by atoms with Crippen LogP contribution in [0.25, 0.3) is 32.9 Å². The molecule has 0 aliphatic carbocycles. The van der Waals surface area contributed by atoms with Crippen LogP contribution in [-0.4, -0.2) is 31.5 Å². The maximum absolute atomic E-state index is 6.27. The number of nitrogens with one attached hydrogen (secondary N) is 4. The summed E-state index contributed by atoms with van der Waals surface area (Å²) >= 11 is 18.6. The van der Waals surface area contributed by atoms with Crippen molar-refractivity contribution in [3.63, 3.8) is 0 Å². The summed E-state index contributed by atoms with van der Waals surface area (Å²) in [6.07, 6.45) is 0.750. The van der Waals surface area contributed by atoms with Gasteiger partial charge in [-0.2, -0.15) is 0 Å². The Morgan fingerprint density at radius 3 is 2.37 bits per heavy atom. The van der Waals surface area contributed by atoms with E-state index in [2.05, 4.69) is 33.5 Å². The zero-order chi connectivity index (χ0) is 21.7. The van der Waals surface area contributed by atoms with Gasteiger partial charge in [-0.15, -0.1) is 0 Å². The summed E-state index contributed by atoms with van der Waals surface area (Å²) in [6, 6.07) is 15.9. The van der Waals surface area contributed by atoms with Gasteiger partial charge in [0.05, 0.1) is 16.4 Å². The van der Waals surface area contributed by atoms with Gasteiger partial charge in [-0.3, -0.25) is 5.41 Å². The van der Waals surface area contributed by atoms with E-state index in [0.717, 1.165) is 63.1 Å². The SMILES string of the molecule is CNCCNc1cc2[nH]c3ccc(Cl)cc3c2cc1-c1ccc(Cl)c(Cl)c1.N=CN. The summed E-state index contributed by atoms with van der Waals surface area (Å²) in [5.41, 5.74) is 9.62. The number of aromatic amines is 1. The van der Waals surface area contributed by atoms with Gasteiger partial charge < -0.3 is 21.4 Å². The van der Waals surface area contributed by atoms with E-state index < -0.39 is 0 Å². The summed E-state index contributed by atoms with van der Waals surface area (Å²) in [5.74, 6) is 0. The Labute approximate surface area is 190 Å². The first-order valence-electron chi connectivity index (χ1n) is 9.28. The molecular formula is C22H22Cl3N5. The van der Waals surface area contributed by atoms with E-state index in [-0.39, 0.29) is 0 Å². The van der Waals surface area contributed by atoms with Crippen LogP contribution >= 0.6 is 34.8 Å². The van der Waals surface area contributed by atoms with Crippen molar-refractivity contribution >= 4 is 68.6 Å². The van der Waals surface area contributed by atoms with E-state index in [1.807, 2.05) is 43.4 Å². The zero-order valence-corrected chi connectivity index (χ0v) is 18.6. The molecule has 4 aromatic rings. The summed E-state index contributed by atoms with van der Waals surface area (Å²) < 4.78 is 0. The average Bonchev–Trinajstić information content (AvgIpc) is 3.07. The van der Waals surface area contributed by atoms with Crippen LogP contribution < -0.4 is 16.4 Å². The van der Waals surface area contributed by atoms with Crippen LogP contribution in [0.5, 0.6) is 0 Å². The Hall–Kier alpha value is -2.44. The normalized spacial score (nSPS) is 10.7. The molecule has 0 saturated carbocycles. The molecular weight excluding hydrogens is 441 g/mol.